The minimum absolute atomic E-state index is 0.00195. The van der Waals surface area contributed by atoms with E-state index in [4.69, 9.17) is 5.11 Å². The molecular formula is C14H19NO5S. The van der Waals surface area contributed by atoms with Gasteiger partial charge in [-0.2, -0.15) is 4.31 Å². The molecule has 1 fully saturated rings. The van der Waals surface area contributed by atoms with E-state index in [0.29, 0.717) is 25.9 Å². The molecule has 1 saturated heterocycles. The topological polar surface area (TPSA) is 94.9 Å². The zero-order valence-corrected chi connectivity index (χ0v) is 12.6. The molecule has 116 valence electrons. The van der Waals surface area contributed by atoms with E-state index in [1.54, 1.807) is 6.92 Å². The SMILES string of the molecule is CC(O)C1CCN(S(=O)(=O)c2cccc(C(=O)O)c2)CC1. The summed E-state index contributed by atoms with van der Waals surface area (Å²) in [5.74, 6) is -1.04. The molecule has 0 aromatic heterocycles. The predicted octanol–water partition coefficient (Wildman–Crippen LogP) is 1.17. The predicted molar refractivity (Wildman–Crippen MR) is 76.6 cm³/mol. The summed E-state index contributed by atoms with van der Waals surface area (Å²) in [6.45, 7) is 2.40. The van der Waals surface area contributed by atoms with Crippen LogP contribution in [0.5, 0.6) is 0 Å². The van der Waals surface area contributed by atoms with Gasteiger partial charge < -0.3 is 10.2 Å². The summed E-state index contributed by atoms with van der Waals surface area (Å²) < 4.78 is 26.4. The second kappa shape index (κ2) is 6.13. The largest absolute Gasteiger partial charge is 0.478 e. The number of carboxylic acids is 1. The van der Waals surface area contributed by atoms with E-state index in [1.165, 1.54) is 28.6 Å². The van der Waals surface area contributed by atoms with E-state index in [1.807, 2.05) is 0 Å². The van der Waals surface area contributed by atoms with Crippen molar-refractivity contribution in [3.8, 4) is 0 Å². The molecule has 6 nitrogen and oxygen atoms in total. The van der Waals surface area contributed by atoms with Gasteiger partial charge in [0.05, 0.1) is 16.6 Å². The van der Waals surface area contributed by atoms with Crippen molar-refractivity contribution < 1.29 is 23.4 Å². The lowest BCUT2D eigenvalue weighted by molar-refractivity contribution is 0.0696. The Labute approximate surface area is 124 Å². The summed E-state index contributed by atoms with van der Waals surface area (Å²) in [6.07, 6.45) is 0.774. The Morgan fingerprint density at radius 3 is 2.48 bits per heavy atom. The lowest BCUT2D eigenvalue weighted by Gasteiger charge is -2.32. The number of aliphatic hydroxyl groups excluding tert-OH is 1. The van der Waals surface area contributed by atoms with Gasteiger partial charge in [-0.15, -0.1) is 0 Å². The van der Waals surface area contributed by atoms with Crippen molar-refractivity contribution in [1.29, 1.82) is 0 Å². The molecule has 1 atom stereocenters. The first-order chi connectivity index (χ1) is 9.82. The smallest absolute Gasteiger partial charge is 0.335 e. The molecule has 0 saturated carbocycles. The third-order valence-corrected chi connectivity index (χ3v) is 5.79. The summed E-state index contributed by atoms with van der Waals surface area (Å²) in [7, 11) is -3.68. The first-order valence-corrected chi connectivity index (χ1v) is 8.28. The van der Waals surface area contributed by atoms with Crippen LogP contribution in [-0.2, 0) is 10.0 Å². The number of aliphatic hydroxyl groups is 1. The van der Waals surface area contributed by atoms with E-state index < -0.39 is 22.1 Å². The molecule has 1 heterocycles. The molecule has 2 N–H and O–H groups in total. The fraction of sp³-hybridized carbons (Fsp3) is 0.500. The van der Waals surface area contributed by atoms with Crippen LogP contribution in [0.3, 0.4) is 0 Å². The van der Waals surface area contributed by atoms with Gasteiger partial charge in [-0.3, -0.25) is 0 Å². The number of benzene rings is 1. The van der Waals surface area contributed by atoms with E-state index in [9.17, 15) is 18.3 Å². The molecule has 0 spiro atoms. The summed E-state index contributed by atoms with van der Waals surface area (Å²) in [6, 6.07) is 5.38. The van der Waals surface area contributed by atoms with Gasteiger partial charge in [-0.25, -0.2) is 13.2 Å². The maximum atomic E-state index is 12.5. The Morgan fingerprint density at radius 2 is 1.95 bits per heavy atom. The zero-order chi connectivity index (χ0) is 15.6. The Bertz CT molecular complexity index is 618. The third-order valence-electron chi connectivity index (χ3n) is 3.90. The van der Waals surface area contributed by atoms with Gasteiger partial charge in [0, 0.05) is 13.1 Å². The highest BCUT2D eigenvalue weighted by Crippen LogP contribution is 2.26. The minimum Gasteiger partial charge on any atom is -0.478 e. The van der Waals surface area contributed by atoms with Crippen molar-refractivity contribution in [2.24, 2.45) is 5.92 Å². The molecule has 1 aliphatic rings. The molecule has 1 unspecified atom stereocenters. The quantitative estimate of drug-likeness (QED) is 0.870. The Kier molecular flexibility index (Phi) is 4.65. The second-order valence-corrected chi connectivity index (χ2v) is 7.25. The fourth-order valence-corrected chi connectivity index (χ4v) is 4.05. The van der Waals surface area contributed by atoms with Crippen molar-refractivity contribution in [1.82, 2.24) is 4.31 Å². The van der Waals surface area contributed by atoms with E-state index >= 15 is 0 Å². The van der Waals surface area contributed by atoms with E-state index in [2.05, 4.69) is 0 Å². The van der Waals surface area contributed by atoms with Crippen molar-refractivity contribution in [3.63, 3.8) is 0 Å². The molecule has 0 bridgehead atoms. The summed E-state index contributed by atoms with van der Waals surface area (Å²) in [4.78, 5) is 10.9. The molecule has 0 amide bonds. The molecular weight excluding hydrogens is 294 g/mol. The highest BCUT2D eigenvalue weighted by Gasteiger charge is 2.31. The standard InChI is InChI=1S/C14H19NO5S/c1-10(16)11-5-7-15(8-6-11)21(19,20)13-4-2-3-12(9-13)14(17)18/h2-4,9-11,16H,5-8H2,1H3,(H,17,18). The number of aromatic carboxylic acids is 1. The number of carboxylic acid groups (broad SMARTS) is 1. The van der Waals surface area contributed by atoms with Crippen LogP contribution in [-0.4, -0.2) is 48.1 Å². The van der Waals surface area contributed by atoms with Gasteiger partial charge in [0.15, 0.2) is 0 Å². The molecule has 2 rings (SSSR count). The van der Waals surface area contributed by atoms with Crippen LogP contribution in [0.2, 0.25) is 0 Å². The lowest BCUT2D eigenvalue weighted by atomic mass is 9.93. The summed E-state index contributed by atoms with van der Waals surface area (Å²) in [5, 5.41) is 18.5. The number of hydrogen-bond acceptors (Lipinski definition) is 4. The highest BCUT2D eigenvalue weighted by molar-refractivity contribution is 7.89. The van der Waals surface area contributed by atoms with Gasteiger partial charge in [-0.05, 0) is 43.9 Å². The van der Waals surface area contributed by atoms with Crippen molar-refractivity contribution >= 4 is 16.0 Å². The van der Waals surface area contributed by atoms with Crippen molar-refractivity contribution in [3.05, 3.63) is 29.8 Å². The Morgan fingerprint density at radius 1 is 1.33 bits per heavy atom. The number of rotatable bonds is 4. The average molecular weight is 313 g/mol. The van der Waals surface area contributed by atoms with Crippen LogP contribution >= 0.6 is 0 Å². The van der Waals surface area contributed by atoms with E-state index in [-0.39, 0.29) is 16.4 Å². The minimum atomic E-state index is -3.68. The van der Waals surface area contributed by atoms with Gasteiger partial charge in [-0.1, -0.05) is 6.07 Å². The molecule has 1 aliphatic heterocycles. The van der Waals surface area contributed by atoms with Crippen LogP contribution in [0.1, 0.15) is 30.1 Å². The van der Waals surface area contributed by atoms with Crippen LogP contribution in [0.15, 0.2) is 29.2 Å². The normalized spacial score (nSPS) is 19.3. The Balaban J connectivity index is 2.19. The molecule has 21 heavy (non-hydrogen) atoms. The van der Waals surface area contributed by atoms with Crippen molar-refractivity contribution in [2.45, 2.75) is 30.8 Å². The second-order valence-electron chi connectivity index (χ2n) is 5.32. The number of sulfonamides is 1. The van der Waals surface area contributed by atoms with Crippen LogP contribution in [0.4, 0.5) is 0 Å². The fourth-order valence-electron chi connectivity index (χ4n) is 2.54. The van der Waals surface area contributed by atoms with Crippen LogP contribution in [0.25, 0.3) is 0 Å². The number of carbonyl (C=O) groups is 1. The first-order valence-electron chi connectivity index (χ1n) is 6.84. The average Bonchev–Trinajstić information content (AvgIpc) is 2.47. The van der Waals surface area contributed by atoms with Gasteiger partial charge >= 0.3 is 5.97 Å². The number of nitrogens with zero attached hydrogens (tertiary/aromatic N) is 1. The van der Waals surface area contributed by atoms with Crippen molar-refractivity contribution in [2.75, 3.05) is 13.1 Å². The number of piperidine rings is 1. The van der Waals surface area contributed by atoms with Gasteiger partial charge in [0.2, 0.25) is 10.0 Å². The maximum Gasteiger partial charge on any atom is 0.335 e. The highest BCUT2D eigenvalue weighted by atomic mass is 32.2. The van der Waals surface area contributed by atoms with E-state index in [0.717, 1.165) is 0 Å². The van der Waals surface area contributed by atoms with Crippen LogP contribution in [0, 0.1) is 5.92 Å². The van der Waals surface area contributed by atoms with Crippen LogP contribution < -0.4 is 0 Å². The summed E-state index contributed by atoms with van der Waals surface area (Å²) in [5.41, 5.74) is -0.0464. The summed E-state index contributed by atoms with van der Waals surface area (Å²) >= 11 is 0. The molecule has 1 aromatic rings. The molecule has 1 aromatic carbocycles. The third kappa shape index (κ3) is 3.42. The molecule has 0 aliphatic carbocycles. The van der Waals surface area contributed by atoms with Gasteiger partial charge in [0.25, 0.3) is 0 Å². The molecule has 0 radical (unpaired) electrons. The maximum absolute atomic E-state index is 12.5. The first kappa shape index (κ1) is 15.9. The van der Waals surface area contributed by atoms with Gasteiger partial charge in [0.1, 0.15) is 0 Å². The Hall–Kier alpha value is -1.44. The zero-order valence-electron chi connectivity index (χ0n) is 11.8. The number of hydrogen-bond donors (Lipinski definition) is 2. The molecule has 7 heteroatoms. The lowest BCUT2D eigenvalue weighted by Crippen LogP contribution is -2.40. The monoisotopic (exact) mass is 313 g/mol.